The second-order valence-corrected chi connectivity index (χ2v) is 7.32. The van der Waals surface area contributed by atoms with Gasteiger partial charge in [-0.15, -0.1) is 0 Å². The summed E-state index contributed by atoms with van der Waals surface area (Å²) >= 11 is 0. The van der Waals surface area contributed by atoms with Crippen molar-refractivity contribution in [3.63, 3.8) is 0 Å². The second-order valence-electron chi connectivity index (χ2n) is 7.32. The van der Waals surface area contributed by atoms with Crippen LogP contribution in [0.5, 0.6) is 0 Å². The first-order valence-electron chi connectivity index (χ1n) is 8.78. The Morgan fingerprint density at radius 3 is 2.50 bits per heavy atom. The van der Waals surface area contributed by atoms with Crippen LogP contribution in [0.2, 0.25) is 0 Å². The predicted octanol–water partition coefficient (Wildman–Crippen LogP) is 3.29. The Balaban J connectivity index is 1.35. The second kappa shape index (κ2) is 6.44. The van der Waals surface area contributed by atoms with Crippen molar-refractivity contribution >= 4 is 5.91 Å². The van der Waals surface area contributed by atoms with Gasteiger partial charge in [0, 0.05) is 31.6 Å². The summed E-state index contributed by atoms with van der Waals surface area (Å²) in [6, 6.07) is 12.3. The Morgan fingerprint density at radius 2 is 1.79 bits per heavy atom. The van der Waals surface area contributed by atoms with Crippen molar-refractivity contribution in [3.05, 3.63) is 60.1 Å². The van der Waals surface area contributed by atoms with Gasteiger partial charge in [-0.3, -0.25) is 9.69 Å². The molecule has 4 rings (SSSR count). The molecule has 0 N–H and O–H groups in total. The Morgan fingerprint density at radius 1 is 1.00 bits per heavy atom. The fraction of sp³-hybridized carbons (Fsp3) is 0.450. The number of hydrogen-bond acceptors (Lipinski definition) is 3. The van der Waals surface area contributed by atoms with E-state index >= 15 is 0 Å². The number of rotatable bonds is 4. The van der Waals surface area contributed by atoms with Crippen LogP contribution in [0.15, 0.2) is 53.3 Å². The number of likely N-dealkylation sites (tertiary alicyclic amines) is 2. The molecule has 0 unspecified atom stereocenters. The maximum atomic E-state index is 12.5. The van der Waals surface area contributed by atoms with Crippen molar-refractivity contribution in [1.82, 2.24) is 9.80 Å². The Hall–Kier alpha value is -2.07. The van der Waals surface area contributed by atoms with Gasteiger partial charge in [0.25, 0.3) is 0 Å². The van der Waals surface area contributed by atoms with Gasteiger partial charge in [0.15, 0.2) is 0 Å². The fourth-order valence-corrected chi connectivity index (χ4v) is 4.09. The number of nitrogens with zero attached hydrogens (tertiary/aromatic N) is 2. The molecule has 2 aliphatic heterocycles. The quantitative estimate of drug-likeness (QED) is 0.866. The number of hydrogen-bond donors (Lipinski definition) is 0. The van der Waals surface area contributed by atoms with E-state index in [4.69, 9.17) is 4.42 Å². The third kappa shape index (κ3) is 3.24. The average molecular weight is 324 g/mol. The summed E-state index contributed by atoms with van der Waals surface area (Å²) in [6.45, 7) is 4.75. The molecule has 126 valence electrons. The molecule has 2 aliphatic rings. The minimum Gasteiger partial charge on any atom is -0.472 e. The molecule has 0 bridgehead atoms. The molecule has 2 fully saturated rings. The zero-order valence-electron chi connectivity index (χ0n) is 14.0. The van der Waals surface area contributed by atoms with Gasteiger partial charge in [-0.25, -0.2) is 0 Å². The fourth-order valence-electron chi connectivity index (χ4n) is 4.09. The summed E-state index contributed by atoms with van der Waals surface area (Å²) in [6.07, 6.45) is 6.51. The molecule has 1 aromatic heterocycles. The standard InChI is InChI=1S/C20H24N2O2/c23-19-12-20(16-22(19)14-17-4-2-1-3-5-17)7-9-21(10-8-20)13-18-6-11-24-15-18/h1-6,11,15H,7-10,12-14,16H2. The van der Waals surface area contributed by atoms with Gasteiger partial charge in [0.2, 0.25) is 5.91 Å². The first-order chi connectivity index (χ1) is 11.7. The molecule has 24 heavy (non-hydrogen) atoms. The van der Waals surface area contributed by atoms with Crippen LogP contribution in [0, 0.1) is 5.41 Å². The highest BCUT2D eigenvalue weighted by Crippen LogP contribution is 2.41. The van der Waals surface area contributed by atoms with Crippen LogP contribution in [0.3, 0.4) is 0 Å². The number of piperidine rings is 1. The summed E-state index contributed by atoms with van der Waals surface area (Å²) in [5, 5.41) is 0. The highest BCUT2D eigenvalue weighted by molar-refractivity contribution is 5.79. The first-order valence-corrected chi connectivity index (χ1v) is 8.78. The average Bonchev–Trinajstić information content (AvgIpc) is 3.20. The van der Waals surface area contributed by atoms with E-state index in [0.717, 1.165) is 52.0 Å². The highest BCUT2D eigenvalue weighted by atomic mass is 16.3. The minimum absolute atomic E-state index is 0.193. The highest BCUT2D eigenvalue weighted by Gasteiger charge is 2.44. The van der Waals surface area contributed by atoms with E-state index in [1.807, 2.05) is 30.5 Å². The van der Waals surface area contributed by atoms with Crippen molar-refractivity contribution in [2.24, 2.45) is 5.41 Å². The summed E-state index contributed by atoms with van der Waals surface area (Å²) in [4.78, 5) is 17.0. The van der Waals surface area contributed by atoms with Crippen LogP contribution >= 0.6 is 0 Å². The molecule has 2 aromatic rings. The van der Waals surface area contributed by atoms with Crippen LogP contribution in [-0.2, 0) is 17.9 Å². The monoisotopic (exact) mass is 324 g/mol. The Labute approximate surface area is 143 Å². The van der Waals surface area contributed by atoms with Gasteiger partial charge in [0.1, 0.15) is 0 Å². The van der Waals surface area contributed by atoms with Crippen molar-refractivity contribution < 1.29 is 9.21 Å². The van der Waals surface area contributed by atoms with Crippen molar-refractivity contribution in [2.45, 2.75) is 32.4 Å². The number of amides is 1. The lowest BCUT2D eigenvalue weighted by molar-refractivity contribution is -0.128. The molecule has 1 amide bonds. The van der Waals surface area contributed by atoms with E-state index in [2.05, 4.69) is 21.9 Å². The van der Waals surface area contributed by atoms with Crippen LogP contribution in [0.4, 0.5) is 0 Å². The molecule has 4 heteroatoms. The van der Waals surface area contributed by atoms with Crippen LogP contribution < -0.4 is 0 Å². The number of carbonyl (C=O) groups is 1. The number of benzene rings is 1. The Kier molecular flexibility index (Phi) is 4.15. The normalized spacial score (nSPS) is 20.8. The molecule has 0 aliphatic carbocycles. The molecule has 2 saturated heterocycles. The summed E-state index contributed by atoms with van der Waals surface area (Å²) in [7, 11) is 0. The third-order valence-electron chi connectivity index (χ3n) is 5.52. The van der Waals surface area contributed by atoms with E-state index in [1.165, 1.54) is 11.1 Å². The van der Waals surface area contributed by atoms with Crippen molar-refractivity contribution in [2.75, 3.05) is 19.6 Å². The Bertz CT molecular complexity index is 673. The smallest absolute Gasteiger partial charge is 0.223 e. The summed E-state index contributed by atoms with van der Waals surface area (Å²) < 4.78 is 5.16. The SMILES string of the molecule is O=C1CC2(CCN(Cc3ccoc3)CC2)CN1Cc1ccccc1. The van der Waals surface area contributed by atoms with Crippen LogP contribution in [-0.4, -0.2) is 35.3 Å². The van der Waals surface area contributed by atoms with Gasteiger partial charge >= 0.3 is 0 Å². The first kappa shape index (κ1) is 15.5. The zero-order chi connectivity index (χ0) is 16.4. The molecule has 1 spiro atoms. The minimum atomic E-state index is 0.193. The molecular weight excluding hydrogens is 300 g/mol. The van der Waals surface area contributed by atoms with Gasteiger partial charge in [-0.05, 0) is 43.0 Å². The largest absolute Gasteiger partial charge is 0.472 e. The third-order valence-corrected chi connectivity index (χ3v) is 5.52. The van der Waals surface area contributed by atoms with E-state index < -0.39 is 0 Å². The molecule has 1 aromatic carbocycles. The number of carbonyl (C=O) groups excluding carboxylic acids is 1. The predicted molar refractivity (Wildman–Crippen MR) is 92.1 cm³/mol. The van der Waals surface area contributed by atoms with E-state index in [0.29, 0.717) is 5.91 Å². The molecule has 0 saturated carbocycles. The molecule has 0 atom stereocenters. The molecular formula is C20H24N2O2. The molecule has 4 nitrogen and oxygen atoms in total. The van der Waals surface area contributed by atoms with E-state index in [9.17, 15) is 4.79 Å². The van der Waals surface area contributed by atoms with E-state index in [-0.39, 0.29) is 5.41 Å². The van der Waals surface area contributed by atoms with Gasteiger partial charge < -0.3 is 9.32 Å². The topological polar surface area (TPSA) is 36.7 Å². The lowest BCUT2D eigenvalue weighted by atomic mass is 9.77. The maximum Gasteiger partial charge on any atom is 0.223 e. The zero-order valence-corrected chi connectivity index (χ0v) is 14.0. The van der Waals surface area contributed by atoms with Gasteiger partial charge in [-0.2, -0.15) is 0 Å². The van der Waals surface area contributed by atoms with Gasteiger partial charge in [-0.1, -0.05) is 30.3 Å². The lowest BCUT2D eigenvalue weighted by Crippen LogP contribution is -2.41. The summed E-state index contributed by atoms with van der Waals surface area (Å²) in [5.74, 6) is 0.321. The van der Waals surface area contributed by atoms with E-state index in [1.54, 1.807) is 6.26 Å². The van der Waals surface area contributed by atoms with Crippen LogP contribution in [0.1, 0.15) is 30.4 Å². The van der Waals surface area contributed by atoms with Crippen LogP contribution in [0.25, 0.3) is 0 Å². The molecule has 3 heterocycles. The van der Waals surface area contributed by atoms with Crippen molar-refractivity contribution in [3.8, 4) is 0 Å². The molecule has 0 radical (unpaired) electrons. The maximum absolute atomic E-state index is 12.5. The number of furan rings is 1. The lowest BCUT2D eigenvalue weighted by Gasteiger charge is -2.38. The van der Waals surface area contributed by atoms with Gasteiger partial charge in [0.05, 0.1) is 12.5 Å². The van der Waals surface area contributed by atoms with Crippen molar-refractivity contribution in [1.29, 1.82) is 0 Å². The summed E-state index contributed by atoms with van der Waals surface area (Å²) in [5.41, 5.74) is 2.65.